The minimum absolute atomic E-state index is 0.602. The lowest BCUT2D eigenvalue weighted by molar-refractivity contribution is 0.440. The predicted octanol–water partition coefficient (Wildman–Crippen LogP) is 2.31. The van der Waals surface area contributed by atoms with E-state index in [0.29, 0.717) is 5.41 Å². The first kappa shape index (κ1) is 5.49. The Kier molecular flexibility index (Phi) is 1.33. The van der Waals surface area contributed by atoms with Crippen LogP contribution in [0, 0.1) is 11.2 Å². The van der Waals surface area contributed by atoms with Crippen LogP contribution in [0.15, 0.2) is 0 Å². The van der Waals surface area contributed by atoms with Crippen molar-refractivity contribution in [3.05, 3.63) is 5.75 Å². The van der Waals surface area contributed by atoms with E-state index in [9.17, 15) is 0 Å². The molecule has 1 aliphatic rings. The third-order valence-electron chi connectivity index (χ3n) is 1.23. The van der Waals surface area contributed by atoms with Gasteiger partial charge in [0, 0.05) is 5.75 Å². The number of hydrogen-bond donors (Lipinski definition) is 0. The Morgan fingerprint density at radius 3 is 2.43 bits per heavy atom. The minimum atomic E-state index is 0.602. The van der Waals surface area contributed by atoms with Gasteiger partial charge in [0.1, 0.15) is 0 Å². The number of thioether (sulfide) groups is 1. The highest BCUT2D eigenvalue weighted by Crippen LogP contribution is 2.37. The summed E-state index contributed by atoms with van der Waals surface area (Å²) in [5.41, 5.74) is 0.602. The Hall–Kier alpha value is 0.350. The molecule has 0 atom stereocenters. The lowest BCUT2D eigenvalue weighted by Gasteiger charge is -2.12. The molecule has 0 N–H and O–H groups in total. The SMILES string of the molecule is CC1(C)C[CH]SC1. The van der Waals surface area contributed by atoms with Gasteiger partial charge >= 0.3 is 0 Å². The second kappa shape index (κ2) is 1.70. The zero-order valence-electron chi connectivity index (χ0n) is 4.90. The molecule has 7 heavy (non-hydrogen) atoms. The van der Waals surface area contributed by atoms with Gasteiger partial charge in [-0.2, -0.15) is 11.8 Å². The molecule has 0 nitrogen and oxygen atoms in total. The smallest absolute Gasteiger partial charge is 0.0172 e. The van der Waals surface area contributed by atoms with Gasteiger partial charge in [-0.1, -0.05) is 13.8 Å². The molecule has 1 rings (SSSR count). The van der Waals surface area contributed by atoms with Crippen LogP contribution in [0.25, 0.3) is 0 Å². The molecule has 0 bridgehead atoms. The van der Waals surface area contributed by atoms with Gasteiger partial charge in [0.2, 0.25) is 0 Å². The first-order valence-electron chi connectivity index (χ1n) is 2.64. The van der Waals surface area contributed by atoms with Crippen LogP contribution in [0.5, 0.6) is 0 Å². The van der Waals surface area contributed by atoms with Crippen molar-refractivity contribution < 1.29 is 0 Å². The Balaban J connectivity index is 2.40. The van der Waals surface area contributed by atoms with Crippen molar-refractivity contribution in [1.82, 2.24) is 0 Å². The lowest BCUT2D eigenvalue weighted by Crippen LogP contribution is -2.06. The molecule has 0 amide bonds. The molecule has 1 aliphatic heterocycles. The summed E-state index contributed by atoms with van der Waals surface area (Å²) in [5.74, 6) is 3.62. The van der Waals surface area contributed by atoms with Gasteiger partial charge in [0.25, 0.3) is 0 Å². The summed E-state index contributed by atoms with van der Waals surface area (Å²) < 4.78 is 0. The standard InChI is InChI=1S/C6H11S/c1-6(2)3-4-7-5-6/h4H,3,5H2,1-2H3. The summed E-state index contributed by atoms with van der Waals surface area (Å²) in [6.45, 7) is 4.62. The molecule has 0 aliphatic carbocycles. The quantitative estimate of drug-likeness (QED) is 0.467. The zero-order valence-corrected chi connectivity index (χ0v) is 5.72. The fourth-order valence-electron chi connectivity index (χ4n) is 0.628. The number of hydrogen-bond acceptors (Lipinski definition) is 1. The van der Waals surface area contributed by atoms with Gasteiger partial charge in [-0.05, 0) is 17.6 Å². The largest absolute Gasteiger partial charge is 0.157 e. The third kappa shape index (κ3) is 1.37. The summed E-state index contributed by atoms with van der Waals surface area (Å²) in [6.07, 6.45) is 1.29. The molecule has 41 valence electrons. The summed E-state index contributed by atoms with van der Waals surface area (Å²) >= 11 is 1.96. The normalized spacial score (nSPS) is 28.3. The van der Waals surface area contributed by atoms with Crippen molar-refractivity contribution >= 4 is 11.8 Å². The van der Waals surface area contributed by atoms with Crippen molar-refractivity contribution in [2.45, 2.75) is 20.3 Å². The maximum atomic E-state index is 2.31. The van der Waals surface area contributed by atoms with Crippen molar-refractivity contribution in [2.24, 2.45) is 5.41 Å². The van der Waals surface area contributed by atoms with Crippen LogP contribution in [-0.2, 0) is 0 Å². The fourth-order valence-corrected chi connectivity index (χ4v) is 1.88. The first-order valence-corrected chi connectivity index (χ1v) is 3.69. The van der Waals surface area contributed by atoms with Crippen LogP contribution in [0.1, 0.15) is 20.3 Å². The molecule has 0 unspecified atom stereocenters. The topological polar surface area (TPSA) is 0 Å². The van der Waals surface area contributed by atoms with Crippen LogP contribution < -0.4 is 0 Å². The Labute approximate surface area is 49.7 Å². The van der Waals surface area contributed by atoms with E-state index in [-0.39, 0.29) is 0 Å². The van der Waals surface area contributed by atoms with Crippen LogP contribution in [0.3, 0.4) is 0 Å². The molecule has 1 saturated heterocycles. The maximum absolute atomic E-state index is 2.31. The van der Waals surface area contributed by atoms with E-state index < -0.39 is 0 Å². The van der Waals surface area contributed by atoms with E-state index in [4.69, 9.17) is 0 Å². The molecule has 1 fully saturated rings. The van der Waals surface area contributed by atoms with Crippen LogP contribution in [-0.4, -0.2) is 5.75 Å². The van der Waals surface area contributed by atoms with Gasteiger partial charge in [-0.25, -0.2) is 0 Å². The molecule has 0 aromatic carbocycles. The zero-order chi connectivity index (χ0) is 5.33. The van der Waals surface area contributed by atoms with Crippen molar-refractivity contribution in [2.75, 3.05) is 5.75 Å². The molecule has 1 heterocycles. The van der Waals surface area contributed by atoms with Gasteiger partial charge < -0.3 is 0 Å². The van der Waals surface area contributed by atoms with E-state index in [1.807, 2.05) is 11.8 Å². The van der Waals surface area contributed by atoms with Crippen molar-refractivity contribution in [3.8, 4) is 0 Å². The Morgan fingerprint density at radius 2 is 2.29 bits per heavy atom. The second-order valence-electron chi connectivity index (χ2n) is 2.85. The van der Waals surface area contributed by atoms with Crippen molar-refractivity contribution in [3.63, 3.8) is 0 Å². The van der Waals surface area contributed by atoms with Gasteiger partial charge in [0.15, 0.2) is 0 Å². The maximum Gasteiger partial charge on any atom is 0.0172 e. The van der Waals surface area contributed by atoms with Gasteiger partial charge in [-0.3, -0.25) is 0 Å². The van der Waals surface area contributed by atoms with Gasteiger partial charge in [-0.15, -0.1) is 0 Å². The van der Waals surface area contributed by atoms with E-state index in [1.54, 1.807) is 0 Å². The molecular weight excluding hydrogens is 104 g/mol. The van der Waals surface area contributed by atoms with Crippen LogP contribution in [0.2, 0.25) is 0 Å². The average Bonchev–Trinajstić information content (AvgIpc) is 1.84. The Bertz CT molecular complexity index is 58.6. The van der Waals surface area contributed by atoms with E-state index in [0.717, 1.165) is 0 Å². The molecule has 0 aromatic rings. The second-order valence-corrected chi connectivity index (χ2v) is 3.80. The summed E-state index contributed by atoms with van der Waals surface area (Å²) in [6, 6.07) is 0. The highest BCUT2D eigenvalue weighted by atomic mass is 32.2. The highest BCUT2D eigenvalue weighted by Gasteiger charge is 2.22. The number of rotatable bonds is 0. The van der Waals surface area contributed by atoms with Gasteiger partial charge in [0.05, 0.1) is 0 Å². The molecule has 0 saturated carbocycles. The third-order valence-corrected chi connectivity index (χ3v) is 2.58. The van der Waals surface area contributed by atoms with E-state index in [1.165, 1.54) is 12.2 Å². The molecular formula is C6H11S. The summed E-state index contributed by atoms with van der Waals surface area (Å²) in [5, 5.41) is 0. The lowest BCUT2D eigenvalue weighted by atomic mass is 9.94. The molecule has 1 heteroatoms. The van der Waals surface area contributed by atoms with Crippen LogP contribution >= 0.6 is 11.8 Å². The summed E-state index contributed by atoms with van der Waals surface area (Å²) in [4.78, 5) is 0. The molecule has 1 radical (unpaired) electrons. The minimum Gasteiger partial charge on any atom is -0.157 e. The Morgan fingerprint density at radius 1 is 1.57 bits per heavy atom. The summed E-state index contributed by atoms with van der Waals surface area (Å²) in [7, 11) is 0. The first-order chi connectivity index (χ1) is 3.21. The monoisotopic (exact) mass is 115 g/mol. The van der Waals surface area contributed by atoms with E-state index in [2.05, 4.69) is 19.6 Å². The fraction of sp³-hybridized carbons (Fsp3) is 0.833. The van der Waals surface area contributed by atoms with E-state index >= 15 is 0 Å². The molecule has 0 aromatic heterocycles. The predicted molar refractivity (Wildman–Crippen MR) is 35.2 cm³/mol. The van der Waals surface area contributed by atoms with Crippen molar-refractivity contribution in [1.29, 1.82) is 0 Å². The highest BCUT2D eigenvalue weighted by molar-refractivity contribution is 8.01. The average molecular weight is 115 g/mol. The van der Waals surface area contributed by atoms with Crippen LogP contribution in [0.4, 0.5) is 0 Å². The molecule has 0 spiro atoms.